The van der Waals surface area contributed by atoms with Crippen LogP contribution in [0.2, 0.25) is 5.15 Å². The van der Waals surface area contributed by atoms with Gasteiger partial charge in [0, 0.05) is 23.4 Å². The molecule has 0 fully saturated rings. The number of aromatic nitrogens is 2. The molecule has 1 aromatic carbocycles. The summed E-state index contributed by atoms with van der Waals surface area (Å²) in [6.07, 6.45) is 1.60. The number of rotatable bonds is 3. The number of allylic oxidation sites excluding steroid dienone is 1. The lowest BCUT2D eigenvalue weighted by atomic mass is 10.0. The van der Waals surface area contributed by atoms with Crippen LogP contribution in [-0.2, 0) is 6.54 Å². The molecule has 0 bridgehead atoms. The van der Waals surface area contributed by atoms with Gasteiger partial charge >= 0.3 is 23.7 Å². The van der Waals surface area contributed by atoms with Gasteiger partial charge < -0.3 is 10.2 Å². The lowest BCUT2D eigenvalue weighted by molar-refractivity contribution is -0.564. The largest absolute Gasteiger partial charge is 0.531 e. The van der Waals surface area contributed by atoms with Crippen molar-refractivity contribution in [2.45, 2.75) is 6.54 Å². The summed E-state index contributed by atoms with van der Waals surface area (Å²) in [6, 6.07) is 16.4. The van der Waals surface area contributed by atoms with Crippen molar-refractivity contribution in [3.63, 3.8) is 0 Å². The van der Waals surface area contributed by atoms with Crippen molar-refractivity contribution >= 4 is 35.0 Å². The Morgan fingerprint density at radius 2 is 1.79 bits per heavy atom. The van der Waals surface area contributed by atoms with Gasteiger partial charge in [0.05, 0.1) is 6.07 Å². The van der Waals surface area contributed by atoms with Crippen LogP contribution in [0, 0.1) is 0 Å². The summed E-state index contributed by atoms with van der Waals surface area (Å²) >= 11 is 5.84. The fourth-order valence-corrected chi connectivity index (χ4v) is 3.59. The lowest BCUT2D eigenvalue weighted by Crippen LogP contribution is -2.64. The molecule has 8 heteroatoms. The van der Waals surface area contributed by atoms with Gasteiger partial charge in [-0.25, -0.2) is 9.78 Å². The van der Waals surface area contributed by atoms with Gasteiger partial charge in [-0.05, 0) is 18.2 Å². The lowest BCUT2D eigenvalue weighted by Gasteiger charge is -2.30. The molecule has 29 heavy (non-hydrogen) atoms. The minimum absolute atomic E-state index is 0.0707. The van der Waals surface area contributed by atoms with Gasteiger partial charge in [-0.15, -0.1) is 0 Å². The number of benzene rings is 1. The first kappa shape index (κ1) is 18.8. The van der Waals surface area contributed by atoms with Gasteiger partial charge in [-0.2, -0.15) is 4.79 Å². The number of fused-ring (bicyclic) bond motifs is 1. The zero-order valence-electron chi connectivity index (χ0n) is 15.1. The van der Waals surface area contributed by atoms with E-state index in [1.165, 1.54) is 23.0 Å². The van der Waals surface area contributed by atoms with Gasteiger partial charge in [0.15, 0.2) is 11.8 Å². The average Bonchev–Trinajstić information content (AvgIpc) is 2.73. The molecule has 1 aliphatic heterocycles. The minimum atomic E-state index is -1.33. The highest BCUT2D eigenvalue weighted by atomic mass is 35.5. The molecule has 2 aromatic heterocycles. The average molecular weight is 410 g/mol. The maximum Gasteiger partial charge on any atom is 0.531 e. The highest BCUT2D eigenvalue weighted by Gasteiger charge is 2.59. The van der Waals surface area contributed by atoms with E-state index in [2.05, 4.69) is 4.98 Å². The summed E-state index contributed by atoms with van der Waals surface area (Å²) < 4.78 is 0.264. The zero-order chi connectivity index (χ0) is 20.6. The smallest absolute Gasteiger partial charge is 0.466 e. The number of quaternary nitrogens is 1. The van der Waals surface area contributed by atoms with Crippen molar-refractivity contribution in [2.24, 2.45) is 0 Å². The monoisotopic (exact) mass is 409 g/mol. The summed E-state index contributed by atoms with van der Waals surface area (Å²) in [7, 11) is 0. The molecule has 1 atom stereocenters. The number of carboxylic acid groups (broad SMARTS) is 1. The van der Waals surface area contributed by atoms with Gasteiger partial charge in [0.2, 0.25) is 0 Å². The SMILES string of the molecule is O=C1C(c2ccccc2)=C(O)[N+](Cc2ccc(Cl)nc2)(C(=O)O)c2cccc[n+]21. The summed E-state index contributed by atoms with van der Waals surface area (Å²) in [5.41, 5.74) is 0.883. The van der Waals surface area contributed by atoms with E-state index in [0.717, 1.165) is 0 Å². The molecule has 1 aliphatic rings. The standard InChI is InChI=1S/C21H14ClN3O4/c22-16-10-9-14(12-23-16)13-25(21(28)29)17-8-4-5-11-24(17)19(26)18(20(25)27)15-6-2-1-3-7-15/h1-12H,13H2/p+2. The molecule has 1 amide bonds. The first-order chi connectivity index (χ1) is 13.9. The van der Waals surface area contributed by atoms with Crippen LogP contribution in [0.3, 0.4) is 0 Å². The van der Waals surface area contributed by atoms with Gasteiger partial charge in [-0.3, -0.25) is 0 Å². The van der Waals surface area contributed by atoms with Crippen LogP contribution in [-0.4, -0.2) is 27.2 Å². The van der Waals surface area contributed by atoms with Crippen LogP contribution in [0.25, 0.3) is 5.57 Å². The Morgan fingerprint density at radius 3 is 2.45 bits per heavy atom. The zero-order valence-corrected chi connectivity index (χ0v) is 15.8. The van der Waals surface area contributed by atoms with E-state index < -0.39 is 22.4 Å². The topological polar surface area (TPSA) is 91.4 Å². The number of pyridine rings is 2. The molecule has 1 unspecified atom stereocenters. The van der Waals surface area contributed by atoms with E-state index in [9.17, 15) is 19.8 Å². The Balaban J connectivity index is 2.02. The number of nitrogens with zero attached hydrogens (tertiary/aromatic N) is 3. The first-order valence-electron chi connectivity index (χ1n) is 8.72. The molecule has 4 rings (SSSR count). The predicted molar refractivity (Wildman–Crippen MR) is 106 cm³/mol. The Labute approximate surface area is 171 Å². The molecule has 2 N–H and O–H groups in total. The quantitative estimate of drug-likeness (QED) is 0.390. The molecule has 144 valence electrons. The van der Waals surface area contributed by atoms with Crippen LogP contribution in [0.15, 0.2) is 78.9 Å². The molecule has 0 saturated heterocycles. The second-order valence-electron chi connectivity index (χ2n) is 6.54. The van der Waals surface area contributed by atoms with Gasteiger partial charge in [0.25, 0.3) is 0 Å². The minimum Gasteiger partial charge on any atom is -0.466 e. The number of hydrogen-bond donors (Lipinski definition) is 2. The predicted octanol–water partition coefficient (Wildman–Crippen LogP) is 3.79. The third-order valence-corrected chi connectivity index (χ3v) is 5.07. The summed E-state index contributed by atoms with van der Waals surface area (Å²) in [6.45, 7) is -0.168. The van der Waals surface area contributed by atoms with Crippen molar-refractivity contribution < 1.29 is 24.4 Å². The molecular formula is C21H16ClN3O4+2. The van der Waals surface area contributed by atoms with Gasteiger partial charge in [0.1, 0.15) is 11.7 Å². The number of hydrogen-bond acceptors (Lipinski definition) is 4. The number of aliphatic hydroxyl groups excluding tert-OH is 1. The highest BCUT2D eigenvalue weighted by Crippen LogP contribution is 2.36. The number of halogens is 1. The van der Waals surface area contributed by atoms with Crippen molar-refractivity contribution in [3.05, 3.63) is 95.2 Å². The molecule has 0 radical (unpaired) electrons. The molecular weight excluding hydrogens is 394 g/mol. The van der Waals surface area contributed by atoms with Crippen molar-refractivity contribution in [3.8, 4) is 0 Å². The van der Waals surface area contributed by atoms with Crippen LogP contribution < -0.4 is 9.05 Å². The molecule has 0 aliphatic carbocycles. The maximum absolute atomic E-state index is 13.1. The highest BCUT2D eigenvalue weighted by molar-refractivity contribution is 6.29. The van der Waals surface area contributed by atoms with Crippen LogP contribution in [0.5, 0.6) is 0 Å². The maximum atomic E-state index is 13.1. The molecule has 3 heterocycles. The van der Waals surface area contributed by atoms with E-state index in [0.29, 0.717) is 11.1 Å². The Hall–Kier alpha value is -3.55. The number of aliphatic hydroxyl groups is 1. The Kier molecular flexibility index (Phi) is 4.62. The fourth-order valence-electron chi connectivity index (χ4n) is 3.48. The third-order valence-electron chi connectivity index (χ3n) is 4.84. The normalized spacial score (nSPS) is 18.4. The van der Waals surface area contributed by atoms with Crippen molar-refractivity contribution in [2.75, 3.05) is 0 Å². The second-order valence-corrected chi connectivity index (χ2v) is 6.93. The third kappa shape index (κ3) is 2.97. The number of amides is 1. The van der Waals surface area contributed by atoms with E-state index >= 15 is 0 Å². The van der Waals surface area contributed by atoms with E-state index in [1.54, 1.807) is 54.6 Å². The summed E-state index contributed by atoms with van der Waals surface area (Å²) in [4.78, 5) is 29.8. The van der Waals surface area contributed by atoms with E-state index in [-0.39, 0.29) is 23.1 Å². The van der Waals surface area contributed by atoms with Crippen LogP contribution in [0.1, 0.15) is 15.9 Å². The molecule has 7 nitrogen and oxygen atoms in total. The number of carbonyl (C=O) groups excluding carboxylic acids is 1. The van der Waals surface area contributed by atoms with E-state index in [1.807, 2.05) is 0 Å². The number of carbonyl (C=O) groups is 2. The van der Waals surface area contributed by atoms with Crippen molar-refractivity contribution in [1.82, 2.24) is 9.47 Å². The molecule has 3 aromatic rings. The van der Waals surface area contributed by atoms with Crippen LogP contribution >= 0.6 is 11.6 Å². The summed E-state index contributed by atoms with van der Waals surface area (Å²) in [5, 5.41) is 21.8. The fraction of sp³-hybridized carbons (Fsp3) is 0.0476. The van der Waals surface area contributed by atoms with Crippen LogP contribution in [0.4, 0.5) is 10.6 Å². The Morgan fingerprint density at radius 1 is 1.07 bits per heavy atom. The van der Waals surface area contributed by atoms with E-state index in [4.69, 9.17) is 11.6 Å². The molecule has 0 saturated carbocycles. The molecule has 0 spiro atoms. The Bertz CT molecular complexity index is 1150. The van der Waals surface area contributed by atoms with Crippen molar-refractivity contribution in [1.29, 1.82) is 0 Å². The summed E-state index contributed by atoms with van der Waals surface area (Å²) in [5.74, 6) is -0.958. The second kappa shape index (κ2) is 7.12. The van der Waals surface area contributed by atoms with Gasteiger partial charge in [-0.1, -0.05) is 51.0 Å². The first-order valence-corrected chi connectivity index (χ1v) is 9.10.